The van der Waals surface area contributed by atoms with Gasteiger partial charge in [-0.15, -0.1) is 0 Å². The van der Waals surface area contributed by atoms with Crippen LogP contribution < -0.4 is 0 Å². The van der Waals surface area contributed by atoms with Gasteiger partial charge in [-0.25, -0.2) is 0 Å². The van der Waals surface area contributed by atoms with Gasteiger partial charge >= 0.3 is 0 Å². The summed E-state index contributed by atoms with van der Waals surface area (Å²) >= 11 is 0. The summed E-state index contributed by atoms with van der Waals surface area (Å²) in [6, 6.07) is 0.693. The Morgan fingerprint density at radius 2 is 1.46 bits per heavy atom. The maximum atomic E-state index is 6.38. The lowest BCUT2D eigenvalue weighted by molar-refractivity contribution is -0.100. The van der Waals surface area contributed by atoms with E-state index in [-0.39, 0.29) is 0 Å². The minimum absolute atomic E-state index is 0.535. The summed E-state index contributed by atoms with van der Waals surface area (Å²) in [5.41, 5.74) is 0. The van der Waals surface area contributed by atoms with Gasteiger partial charge < -0.3 is 14.5 Å². The molecule has 2 aliphatic heterocycles. The Morgan fingerprint density at radius 1 is 0.833 bits per heavy atom. The molecular weight excluding hydrogens is 296 g/mol. The molecule has 0 N–H and O–H groups in total. The van der Waals surface area contributed by atoms with Gasteiger partial charge in [-0.05, 0) is 83.2 Å². The van der Waals surface area contributed by atoms with E-state index in [0.29, 0.717) is 18.2 Å². The smallest absolute Gasteiger partial charge is 0.0603 e. The first-order chi connectivity index (χ1) is 11.5. The maximum Gasteiger partial charge on any atom is 0.0603 e. The molecule has 3 rings (SSSR count). The first-order valence-electron chi connectivity index (χ1n) is 10.6. The highest BCUT2D eigenvalue weighted by molar-refractivity contribution is 4.86. The average molecular weight is 337 g/mol. The molecule has 2 saturated heterocycles. The van der Waals surface area contributed by atoms with Gasteiger partial charge in [0.25, 0.3) is 0 Å². The van der Waals surface area contributed by atoms with Gasteiger partial charge in [-0.3, -0.25) is 0 Å². The Kier molecular flexibility index (Phi) is 6.62. The van der Waals surface area contributed by atoms with Crippen LogP contribution in [0, 0.1) is 17.8 Å². The van der Waals surface area contributed by atoms with E-state index in [1.54, 1.807) is 0 Å². The van der Waals surface area contributed by atoms with Crippen LogP contribution in [-0.2, 0) is 4.74 Å². The molecule has 3 nitrogen and oxygen atoms in total. The van der Waals surface area contributed by atoms with Crippen molar-refractivity contribution in [1.29, 1.82) is 0 Å². The average Bonchev–Trinajstić information content (AvgIpc) is 2.53. The van der Waals surface area contributed by atoms with Crippen LogP contribution in [0.4, 0.5) is 0 Å². The van der Waals surface area contributed by atoms with Crippen molar-refractivity contribution in [2.45, 2.75) is 84.5 Å². The molecule has 0 aromatic rings. The van der Waals surface area contributed by atoms with Gasteiger partial charge in [0.05, 0.1) is 12.2 Å². The molecule has 3 fully saturated rings. The molecule has 0 aromatic heterocycles. The van der Waals surface area contributed by atoms with Crippen molar-refractivity contribution >= 4 is 0 Å². The van der Waals surface area contributed by atoms with Gasteiger partial charge in [0, 0.05) is 25.7 Å². The van der Waals surface area contributed by atoms with Gasteiger partial charge in [-0.2, -0.15) is 0 Å². The summed E-state index contributed by atoms with van der Waals surface area (Å²) in [5, 5.41) is 0. The van der Waals surface area contributed by atoms with Gasteiger partial charge in [0.15, 0.2) is 0 Å². The van der Waals surface area contributed by atoms with Gasteiger partial charge in [0.1, 0.15) is 0 Å². The molecule has 0 bridgehead atoms. The Labute approximate surface area is 150 Å². The fourth-order valence-corrected chi connectivity index (χ4v) is 4.90. The molecule has 3 heteroatoms. The number of rotatable bonds is 6. The quantitative estimate of drug-likeness (QED) is 0.728. The van der Waals surface area contributed by atoms with E-state index < -0.39 is 0 Å². The molecule has 2 heterocycles. The normalized spacial score (nSPS) is 31.8. The zero-order chi connectivity index (χ0) is 17.1. The molecular formula is C21H40N2O. The predicted octanol–water partition coefficient (Wildman–Crippen LogP) is 4.02. The lowest BCUT2D eigenvalue weighted by Crippen LogP contribution is -2.46. The van der Waals surface area contributed by atoms with Crippen LogP contribution in [0.25, 0.3) is 0 Å². The summed E-state index contributed by atoms with van der Waals surface area (Å²) < 4.78 is 6.38. The van der Waals surface area contributed by atoms with E-state index in [4.69, 9.17) is 4.74 Å². The van der Waals surface area contributed by atoms with Crippen molar-refractivity contribution in [2.24, 2.45) is 17.8 Å². The van der Waals surface area contributed by atoms with Crippen LogP contribution in [0.3, 0.4) is 0 Å². The molecule has 0 spiro atoms. The van der Waals surface area contributed by atoms with Crippen LogP contribution in [0.5, 0.6) is 0 Å². The molecule has 0 radical (unpaired) electrons. The third kappa shape index (κ3) is 4.95. The summed E-state index contributed by atoms with van der Waals surface area (Å²) in [6.45, 7) is 15.8. The molecule has 1 aliphatic carbocycles. The van der Waals surface area contributed by atoms with Crippen LogP contribution in [-0.4, -0.2) is 60.8 Å². The van der Waals surface area contributed by atoms with E-state index >= 15 is 0 Å². The predicted molar refractivity (Wildman–Crippen MR) is 101 cm³/mol. The number of hydrogen-bond acceptors (Lipinski definition) is 3. The topological polar surface area (TPSA) is 15.7 Å². The monoisotopic (exact) mass is 336 g/mol. The molecule has 0 aromatic carbocycles. The molecule has 0 atom stereocenters. The maximum absolute atomic E-state index is 6.38. The SMILES string of the molecule is CC(C)C1CCN(CC2CC(OC3CCN(C(C)C)CC3)C2)CC1. The van der Waals surface area contributed by atoms with Crippen LogP contribution >= 0.6 is 0 Å². The molecule has 24 heavy (non-hydrogen) atoms. The standard InChI is InChI=1S/C21H40N2O/c1-16(2)19-5-9-22(10-6-19)15-18-13-21(14-18)24-20-7-11-23(12-8-20)17(3)4/h16-21H,5-15H2,1-4H3. The third-order valence-corrected chi connectivity index (χ3v) is 6.88. The van der Waals surface area contributed by atoms with E-state index in [1.165, 1.54) is 71.2 Å². The second-order valence-corrected chi connectivity index (χ2v) is 9.31. The van der Waals surface area contributed by atoms with Crippen molar-refractivity contribution in [3.05, 3.63) is 0 Å². The van der Waals surface area contributed by atoms with Crippen LogP contribution in [0.2, 0.25) is 0 Å². The number of ether oxygens (including phenoxy) is 1. The van der Waals surface area contributed by atoms with Crippen molar-refractivity contribution in [1.82, 2.24) is 9.80 Å². The first kappa shape index (κ1) is 18.7. The van der Waals surface area contributed by atoms with Crippen molar-refractivity contribution in [3.8, 4) is 0 Å². The Bertz CT molecular complexity index is 328. The largest absolute Gasteiger partial charge is 0.375 e. The fourth-order valence-electron chi connectivity index (χ4n) is 4.90. The zero-order valence-electron chi connectivity index (χ0n) is 16.5. The minimum atomic E-state index is 0.535. The number of likely N-dealkylation sites (tertiary alicyclic amines) is 2. The number of piperidine rings is 2. The van der Waals surface area contributed by atoms with Crippen LogP contribution in [0.15, 0.2) is 0 Å². The molecule has 0 amide bonds. The summed E-state index contributed by atoms with van der Waals surface area (Å²) in [6.07, 6.45) is 9.04. The highest BCUT2D eigenvalue weighted by atomic mass is 16.5. The van der Waals surface area contributed by atoms with Gasteiger partial charge in [-0.1, -0.05) is 13.8 Å². The molecule has 140 valence electrons. The highest BCUT2D eigenvalue weighted by Gasteiger charge is 2.34. The zero-order valence-corrected chi connectivity index (χ0v) is 16.5. The Hall–Kier alpha value is -0.120. The van der Waals surface area contributed by atoms with E-state index in [1.807, 2.05) is 0 Å². The molecule has 1 saturated carbocycles. The minimum Gasteiger partial charge on any atom is -0.375 e. The summed E-state index contributed by atoms with van der Waals surface area (Å²) in [5.74, 6) is 2.74. The lowest BCUT2D eigenvalue weighted by atomic mass is 9.80. The Morgan fingerprint density at radius 3 is 2.00 bits per heavy atom. The Balaban J connectivity index is 1.27. The number of nitrogens with zero attached hydrogens (tertiary/aromatic N) is 2. The van der Waals surface area contributed by atoms with Crippen molar-refractivity contribution in [3.63, 3.8) is 0 Å². The lowest BCUT2D eigenvalue weighted by Gasteiger charge is -2.43. The second-order valence-electron chi connectivity index (χ2n) is 9.31. The van der Waals surface area contributed by atoms with E-state index in [0.717, 1.165) is 17.8 Å². The third-order valence-electron chi connectivity index (χ3n) is 6.88. The summed E-state index contributed by atoms with van der Waals surface area (Å²) in [4.78, 5) is 5.31. The highest BCUT2D eigenvalue weighted by Crippen LogP contribution is 2.34. The molecule has 0 unspecified atom stereocenters. The fraction of sp³-hybridized carbons (Fsp3) is 1.00. The van der Waals surface area contributed by atoms with E-state index in [2.05, 4.69) is 37.5 Å². The number of hydrogen-bond donors (Lipinski definition) is 0. The summed E-state index contributed by atoms with van der Waals surface area (Å²) in [7, 11) is 0. The van der Waals surface area contributed by atoms with Crippen molar-refractivity contribution in [2.75, 3.05) is 32.7 Å². The van der Waals surface area contributed by atoms with E-state index in [9.17, 15) is 0 Å². The second kappa shape index (κ2) is 8.51. The van der Waals surface area contributed by atoms with Crippen LogP contribution in [0.1, 0.15) is 66.2 Å². The van der Waals surface area contributed by atoms with Crippen molar-refractivity contribution < 1.29 is 4.74 Å². The van der Waals surface area contributed by atoms with Gasteiger partial charge in [0.2, 0.25) is 0 Å². The first-order valence-corrected chi connectivity index (χ1v) is 10.6. The molecule has 3 aliphatic rings.